The maximum atomic E-state index is 11.7. The molecule has 3 N–H and O–H groups in total. The highest BCUT2D eigenvalue weighted by Crippen LogP contribution is 2.16. The van der Waals surface area contributed by atoms with Gasteiger partial charge < -0.3 is 20.2 Å². The van der Waals surface area contributed by atoms with E-state index in [-0.39, 0.29) is 6.03 Å². The van der Waals surface area contributed by atoms with E-state index in [1.807, 2.05) is 31.2 Å². The van der Waals surface area contributed by atoms with E-state index >= 15 is 0 Å². The molecule has 1 unspecified atom stereocenters. The van der Waals surface area contributed by atoms with Crippen molar-refractivity contribution in [3.63, 3.8) is 0 Å². The Morgan fingerprint density at radius 3 is 2.80 bits per heavy atom. The number of hydrogen-bond acceptors (Lipinski definition) is 3. The number of benzene rings is 1. The molecule has 0 radical (unpaired) electrons. The van der Waals surface area contributed by atoms with Gasteiger partial charge in [0.15, 0.2) is 0 Å². The molecule has 2 rings (SSSR count). The number of amides is 2. The first-order valence-corrected chi connectivity index (χ1v) is 6.49. The van der Waals surface area contributed by atoms with Gasteiger partial charge in [0.25, 0.3) is 0 Å². The van der Waals surface area contributed by atoms with Crippen molar-refractivity contribution < 1.29 is 14.3 Å². The van der Waals surface area contributed by atoms with Gasteiger partial charge in [-0.15, -0.1) is 0 Å². The van der Waals surface area contributed by atoms with Crippen molar-refractivity contribution in [3.8, 4) is 0 Å². The molecule has 20 heavy (non-hydrogen) atoms. The summed E-state index contributed by atoms with van der Waals surface area (Å²) in [6.45, 7) is 2.29. The van der Waals surface area contributed by atoms with Crippen molar-refractivity contribution in [3.05, 3.63) is 54.0 Å². The SMILES string of the molecule is Cc1ccccc1NC(=O)NCCC(O)c1ccco1. The summed E-state index contributed by atoms with van der Waals surface area (Å²) in [5, 5.41) is 15.3. The van der Waals surface area contributed by atoms with E-state index in [2.05, 4.69) is 10.6 Å². The van der Waals surface area contributed by atoms with Crippen molar-refractivity contribution in [2.75, 3.05) is 11.9 Å². The number of para-hydroxylation sites is 1. The molecule has 0 bridgehead atoms. The first-order chi connectivity index (χ1) is 9.66. The van der Waals surface area contributed by atoms with Crippen LogP contribution in [0.5, 0.6) is 0 Å². The molecular weight excluding hydrogens is 256 g/mol. The molecule has 2 amide bonds. The number of urea groups is 1. The van der Waals surface area contributed by atoms with Crippen molar-refractivity contribution in [2.45, 2.75) is 19.4 Å². The van der Waals surface area contributed by atoms with E-state index in [1.165, 1.54) is 6.26 Å². The number of hydrogen-bond donors (Lipinski definition) is 3. The van der Waals surface area contributed by atoms with Gasteiger partial charge in [-0.25, -0.2) is 4.79 Å². The fourth-order valence-electron chi connectivity index (χ4n) is 1.83. The van der Waals surface area contributed by atoms with Crippen molar-refractivity contribution in [1.29, 1.82) is 0 Å². The zero-order valence-electron chi connectivity index (χ0n) is 11.3. The molecule has 0 fully saturated rings. The normalized spacial score (nSPS) is 11.9. The molecule has 0 saturated heterocycles. The standard InChI is InChI=1S/C15H18N2O3/c1-11-5-2-3-6-12(11)17-15(19)16-9-8-13(18)14-7-4-10-20-14/h2-7,10,13,18H,8-9H2,1H3,(H2,16,17,19). The van der Waals surface area contributed by atoms with Crippen LogP contribution in [0.15, 0.2) is 47.1 Å². The average Bonchev–Trinajstić information content (AvgIpc) is 2.95. The van der Waals surface area contributed by atoms with Crippen LogP contribution < -0.4 is 10.6 Å². The predicted molar refractivity (Wildman–Crippen MR) is 76.5 cm³/mol. The van der Waals surface area contributed by atoms with Crippen LogP contribution in [0.2, 0.25) is 0 Å². The highest BCUT2D eigenvalue weighted by molar-refractivity contribution is 5.89. The lowest BCUT2D eigenvalue weighted by Gasteiger charge is -2.11. The fraction of sp³-hybridized carbons (Fsp3) is 0.267. The zero-order chi connectivity index (χ0) is 14.4. The second-order valence-corrected chi connectivity index (χ2v) is 4.52. The molecule has 1 heterocycles. The maximum Gasteiger partial charge on any atom is 0.319 e. The Hall–Kier alpha value is -2.27. The molecule has 0 saturated carbocycles. The van der Waals surface area contributed by atoms with Crippen molar-refractivity contribution in [2.24, 2.45) is 0 Å². The van der Waals surface area contributed by atoms with Gasteiger partial charge in [0.2, 0.25) is 0 Å². The quantitative estimate of drug-likeness (QED) is 0.784. The average molecular weight is 274 g/mol. The second-order valence-electron chi connectivity index (χ2n) is 4.52. The van der Waals surface area contributed by atoms with E-state index < -0.39 is 6.10 Å². The minimum absolute atomic E-state index is 0.286. The van der Waals surface area contributed by atoms with Gasteiger partial charge in [-0.3, -0.25) is 0 Å². The minimum atomic E-state index is -0.705. The van der Waals surface area contributed by atoms with Gasteiger partial charge >= 0.3 is 6.03 Å². The predicted octanol–water partition coefficient (Wildman–Crippen LogP) is 2.83. The monoisotopic (exact) mass is 274 g/mol. The van der Waals surface area contributed by atoms with E-state index in [1.54, 1.807) is 12.1 Å². The Labute approximate surface area is 117 Å². The first kappa shape index (κ1) is 14.1. The summed E-state index contributed by atoms with van der Waals surface area (Å²) in [6, 6.07) is 10.7. The number of carbonyl (C=O) groups is 1. The second kappa shape index (κ2) is 6.77. The van der Waals surface area contributed by atoms with Crippen LogP contribution >= 0.6 is 0 Å². The van der Waals surface area contributed by atoms with Crippen molar-refractivity contribution >= 4 is 11.7 Å². The van der Waals surface area contributed by atoms with Crippen LogP contribution in [0.1, 0.15) is 23.8 Å². The number of nitrogens with one attached hydrogen (secondary N) is 2. The third kappa shape index (κ3) is 3.86. The molecular formula is C15H18N2O3. The largest absolute Gasteiger partial charge is 0.467 e. The van der Waals surface area contributed by atoms with Gasteiger partial charge in [-0.2, -0.15) is 0 Å². The number of aryl methyl sites for hydroxylation is 1. The highest BCUT2D eigenvalue weighted by Gasteiger charge is 2.10. The summed E-state index contributed by atoms with van der Waals surface area (Å²) < 4.78 is 5.09. The van der Waals surface area contributed by atoms with Gasteiger partial charge in [0.1, 0.15) is 11.9 Å². The fourth-order valence-corrected chi connectivity index (χ4v) is 1.83. The van der Waals surface area contributed by atoms with Crippen LogP contribution in [-0.2, 0) is 0 Å². The van der Waals surface area contributed by atoms with Crippen molar-refractivity contribution in [1.82, 2.24) is 5.32 Å². The summed E-state index contributed by atoms with van der Waals surface area (Å²) in [6.07, 6.45) is 1.20. The summed E-state index contributed by atoms with van der Waals surface area (Å²) >= 11 is 0. The summed E-state index contributed by atoms with van der Waals surface area (Å²) in [7, 11) is 0. The Morgan fingerprint density at radius 1 is 1.30 bits per heavy atom. The number of rotatable bonds is 5. The van der Waals surface area contributed by atoms with E-state index in [0.29, 0.717) is 18.7 Å². The zero-order valence-corrected chi connectivity index (χ0v) is 11.3. The number of aliphatic hydroxyl groups is 1. The molecule has 1 aromatic heterocycles. The lowest BCUT2D eigenvalue weighted by molar-refractivity contribution is 0.140. The molecule has 0 aliphatic rings. The van der Waals surface area contributed by atoms with Crippen LogP contribution in [0.3, 0.4) is 0 Å². The van der Waals surface area contributed by atoms with E-state index in [9.17, 15) is 9.90 Å². The molecule has 5 heteroatoms. The van der Waals surface area contributed by atoms with E-state index in [4.69, 9.17) is 4.42 Å². The molecule has 0 aliphatic heterocycles. The molecule has 1 atom stereocenters. The highest BCUT2D eigenvalue weighted by atomic mass is 16.4. The smallest absolute Gasteiger partial charge is 0.319 e. The number of furan rings is 1. The summed E-state index contributed by atoms with van der Waals surface area (Å²) in [4.78, 5) is 11.7. The van der Waals surface area contributed by atoms with E-state index in [0.717, 1.165) is 11.3 Å². The molecule has 1 aromatic carbocycles. The molecule has 106 valence electrons. The lowest BCUT2D eigenvalue weighted by Crippen LogP contribution is -2.30. The van der Waals surface area contributed by atoms with Gasteiger partial charge in [0, 0.05) is 12.2 Å². The Kier molecular flexibility index (Phi) is 4.79. The van der Waals surface area contributed by atoms with Gasteiger partial charge in [0.05, 0.1) is 6.26 Å². The lowest BCUT2D eigenvalue weighted by atomic mass is 10.2. The topological polar surface area (TPSA) is 74.5 Å². The molecule has 0 spiro atoms. The molecule has 2 aromatic rings. The van der Waals surface area contributed by atoms with Crippen LogP contribution in [0.4, 0.5) is 10.5 Å². The minimum Gasteiger partial charge on any atom is -0.467 e. The first-order valence-electron chi connectivity index (χ1n) is 6.49. The Balaban J connectivity index is 1.74. The molecule has 5 nitrogen and oxygen atoms in total. The number of aliphatic hydroxyl groups excluding tert-OH is 1. The van der Waals surface area contributed by atoms with Gasteiger partial charge in [-0.1, -0.05) is 18.2 Å². The Bertz CT molecular complexity index is 552. The number of carbonyl (C=O) groups excluding carboxylic acids is 1. The molecule has 0 aliphatic carbocycles. The van der Waals surface area contributed by atoms with Gasteiger partial charge in [-0.05, 0) is 37.1 Å². The van der Waals surface area contributed by atoms with Crippen LogP contribution in [0.25, 0.3) is 0 Å². The third-order valence-corrected chi connectivity index (χ3v) is 2.97. The Morgan fingerprint density at radius 2 is 2.10 bits per heavy atom. The third-order valence-electron chi connectivity index (χ3n) is 2.97. The van der Waals surface area contributed by atoms with Crippen LogP contribution in [0, 0.1) is 6.92 Å². The summed E-state index contributed by atoms with van der Waals surface area (Å²) in [5.74, 6) is 0.506. The van der Waals surface area contributed by atoms with Crippen LogP contribution in [-0.4, -0.2) is 17.7 Å². The maximum absolute atomic E-state index is 11.7. The number of anilines is 1. The summed E-state index contributed by atoms with van der Waals surface area (Å²) in [5.41, 5.74) is 1.77.